The lowest BCUT2D eigenvalue weighted by Crippen LogP contribution is -2.16. The third-order valence-corrected chi connectivity index (χ3v) is 2.92. The summed E-state index contributed by atoms with van der Waals surface area (Å²) in [4.78, 5) is 6.46. The van der Waals surface area contributed by atoms with Crippen LogP contribution in [0.1, 0.15) is 6.42 Å². The molecular formula is C14H20N4. The quantitative estimate of drug-likeness (QED) is 0.625. The van der Waals surface area contributed by atoms with Gasteiger partial charge in [-0.05, 0) is 51.3 Å². The Morgan fingerprint density at radius 2 is 2.11 bits per heavy atom. The molecule has 0 atom stereocenters. The van der Waals surface area contributed by atoms with Crippen LogP contribution in [0.4, 0.5) is 11.4 Å². The van der Waals surface area contributed by atoms with Crippen LogP contribution in [-0.2, 0) is 0 Å². The first kappa shape index (κ1) is 12.6. The molecule has 0 saturated heterocycles. The summed E-state index contributed by atoms with van der Waals surface area (Å²) < 4.78 is 0. The zero-order valence-electron chi connectivity index (χ0n) is 11.0. The van der Waals surface area contributed by atoms with Gasteiger partial charge in [-0.2, -0.15) is 0 Å². The predicted octanol–water partition coefficient (Wildman–Crippen LogP) is 2.18. The molecule has 0 aliphatic carbocycles. The van der Waals surface area contributed by atoms with Crippen molar-refractivity contribution >= 4 is 22.3 Å². The highest BCUT2D eigenvalue weighted by Crippen LogP contribution is 2.27. The van der Waals surface area contributed by atoms with Crippen LogP contribution in [0.2, 0.25) is 0 Å². The molecule has 18 heavy (non-hydrogen) atoms. The largest absolute Gasteiger partial charge is 0.397 e. The Balaban J connectivity index is 2.07. The zero-order chi connectivity index (χ0) is 13.0. The predicted molar refractivity (Wildman–Crippen MR) is 77.8 cm³/mol. The highest BCUT2D eigenvalue weighted by molar-refractivity contribution is 5.96. The van der Waals surface area contributed by atoms with Gasteiger partial charge in [-0.3, -0.25) is 4.98 Å². The zero-order valence-corrected chi connectivity index (χ0v) is 11.0. The average Bonchev–Trinajstić information content (AvgIpc) is 2.37. The summed E-state index contributed by atoms with van der Waals surface area (Å²) in [6.45, 7) is 2.00. The Labute approximate surface area is 108 Å². The van der Waals surface area contributed by atoms with E-state index >= 15 is 0 Å². The number of hydrogen-bond donors (Lipinski definition) is 2. The van der Waals surface area contributed by atoms with Gasteiger partial charge in [-0.25, -0.2) is 0 Å². The van der Waals surface area contributed by atoms with Gasteiger partial charge in [0.2, 0.25) is 0 Å². The molecule has 96 valence electrons. The molecule has 1 aromatic carbocycles. The monoisotopic (exact) mass is 244 g/mol. The van der Waals surface area contributed by atoms with Crippen molar-refractivity contribution in [3.8, 4) is 0 Å². The minimum absolute atomic E-state index is 0.783. The van der Waals surface area contributed by atoms with E-state index in [4.69, 9.17) is 5.73 Å². The molecule has 0 spiro atoms. The molecule has 2 aromatic rings. The number of fused-ring (bicyclic) bond motifs is 1. The number of aromatic nitrogens is 1. The summed E-state index contributed by atoms with van der Waals surface area (Å²) in [5, 5.41) is 4.39. The van der Waals surface area contributed by atoms with Crippen molar-refractivity contribution in [3.63, 3.8) is 0 Å². The molecule has 0 amide bonds. The smallest absolute Gasteiger partial charge is 0.0724 e. The summed E-state index contributed by atoms with van der Waals surface area (Å²) >= 11 is 0. The lowest BCUT2D eigenvalue weighted by Gasteiger charge is -2.13. The Morgan fingerprint density at radius 1 is 1.28 bits per heavy atom. The molecule has 3 N–H and O–H groups in total. The molecule has 0 fully saturated rings. The Bertz CT molecular complexity index is 522. The second kappa shape index (κ2) is 5.69. The second-order valence-corrected chi connectivity index (χ2v) is 4.68. The van der Waals surface area contributed by atoms with Crippen LogP contribution in [0, 0.1) is 0 Å². The number of hydrogen-bond acceptors (Lipinski definition) is 4. The number of nitrogens with one attached hydrogen (secondary N) is 1. The number of nitrogen functional groups attached to an aromatic ring is 1. The average molecular weight is 244 g/mol. The van der Waals surface area contributed by atoms with Crippen molar-refractivity contribution in [2.24, 2.45) is 0 Å². The van der Waals surface area contributed by atoms with Gasteiger partial charge < -0.3 is 16.0 Å². The van der Waals surface area contributed by atoms with Gasteiger partial charge in [-0.1, -0.05) is 0 Å². The lowest BCUT2D eigenvalue weighted by atomic mass is 10.1. The van der Waals surface area contributed by atoms with E-state index in [1.165, 1.54) is 0 Å². The van der Waals surface area contributed by atoms with Crippen molar-refractivity contribution in [2.75, 3.05) is 38.2 Å². The van der Waals surface area contributed by atoms with E-state index in [0.29, 0.717) is 0 Å². The molecule has 1 heterocycles. The molecule has 0 saturated carbocycles. The molecule has 0 aliphatic rings. The highest BCUT2D eigenvalue weighted by Gasteiger charge is 2.04. The van der Waals surface area contributed by atoms with Gasteiger partial charge in [0.25, 0.3) is 0 Å². The Morgan fingerprint density at radius 3 is 2.89 bits per heavy atom. The van der Waals surface area contributed by atoms with Crippen molar-refractivity contribution in [3.05, 3.63) is 30.5 Å². The van der Waals surface area contributed by atoms with Gasteiger partial charge >= 0.3 is 0 Å². The van der Waals surface area contributed by atoms with Crippen LogP contribution >= 0.6 is 0 Å². The second-order valence-electron chi connectivity index (χ2n) is 4.68. The van der Waals surface area contributed by atoms with Crippen LogP contribution in [0.25, 0.3) is 10.9 Å². The Hall–Kier alpha value is -1.81. The van der Waals surface area contributed by atoms with Crippen LogP contribution in [-0.4, -0.2) is 37.1 Å². The van der Waals surface area contributed by atoms with Crippen LogP contribution in [0.15, 0.2) is 30.5 Å². The van der Waals surface area contributed by atoms with Gasteiger partial charge in [0, 0.05) is 18.1 Å². The molecule has 4 heteroatoms. The normalized spacial score (nSPS) is 11.1. The van der Waals surface area contributed by atoms with E-state index in [9.17, 15) is 0 Å². The van der Waals surface area contributed by atoms with E-state index in [2.05, 4.69) is 29.3 Å². The van der Waals surface area contributed by atoms with Gasteiger partial charge in [0.05, 0.1) is 16.9 Å². The minimum Gasteiger partial charge on any atom is -0.397 e. The van der Waals surface area contributed by atoms with Crippen molar-refractivity contribution in [1.82, 2.24) is 9.88 Å². The highest BCUT2D eigenvalue weighted by atomic mass is 15.1. The van der Waals surface area contributed by atoms with Crippen LogP contribution in [0.5, 0.6) is 0 Å². The van der Waals surface area contributed by atoms with Crippen molar-refractivity contribution in [1.29, 1.82) is 0 Å². The third kappa shape index (κ3) is 2.90. The number of anilines is 2. The molecule has 4 nitrogen and oxygen atoms in total. The number of pyridine rings is 1. The van der Waals surface area contributed by atoms with E-state index < -0.39 is 0 Å². The maximum Gasteiger partial charge on any atom is 0.0724 e. The molecule has 0 unspecified atom stereocenters. The minimum atomic E-state index is 0.783. The standard InChI is InChI=1S/C14H20N4/c1-18(2)10-4-9-17-13-7-6-12-11(14(13)15)5-3-8-16-12/h3,5-8,17H,4,9-10,15H2,1-2H3. The maximum absolute atomic E-state index is 6.15. The van der Waals surface area contributed by atoms with Gasteiger partial charge in [0.15, 0.2) is 0 Å². The summed E-state index contributed by atoms with van der Waals surface area (Å²) in [7, 11) is 4.16. The van der Waals surface area contributed by atoms with E-state index in [-0.39, 0.29) is 0 Å². The molecule has 0 radical (unpaired) electrons. The van der Waals surface area contributed by atoms with Crippen molar-refractivity contribution < 1.29 is 0 Å². The SMILES string of the molecule is CN(C)CCCNc1ccc2ncccc2c1N. The third-order valence-electron chi connectivity index (χ3n) is 2.92. The van der Waals surface area contributed by atoms with Gasteiger partial charge in [0.1, 0.15) is 0 Å². The number of benzene rings is 1. The van der Waals surface area contributed by atoms with Gasteiger partial charge in [-0.15, -0.1) is 0 Å². The molecule has 0 aliphatic heterocycles. The van der Waals surface area contributed by atoms with Crippen molar-refractivity contribution in [2.45, 2.75) is 6.42 Å². The summed E-state index contributed by atoms with van der Waals surface area (Å²) in [6, 6.07) is 7.91. The summed E-state index contributed by atoms with van der Waals surface area (Å²) in [6.07, 6.45) is 2.88. The molecule has 2 rings (SSSR count). The lowest BCUT2D eigenvalue weighted by molar-refractivity contribution is 0.405. The van der Waals surface area contributed by atoms with Crippen LogP contribution in [0.3, 0.4) is 0 Å². The first-order valence-electron chi connectivity index (χ1n) is 6.20. The van der Waals surface area contributed by atoms with E-state index in [1.807, 2.05) is 24.3 Å². The fraction of sp³-hybridized carbons (Fsp3) is 0.357. The fourth-order valence-corrected chi connectivity index (χ4v) is 1.95. The number of nitrogens with zero attached hydrogens (tertiary/aromatic N) is 2. The molecule has 0 bridgehead atoms. The Kier molecular flexibility index (Phi) is 3.99. The molecular weight excluding hydrogens is 224 g/mol. The number of rotatable bonds is 5. The topological polar surface area (TPSA) is 54.2 Å². The number of nitrogens with two attached hydrogens (primary N) is 1. The van der Waals surface area contributed by atoms with E-state index in [1.54, 1.807) is 6.20 Å². The molecule has 1 aromatic heterocycles. The first-order valence-corrected chi connectivity index (χ1v) is 6.20. The summed E-state index contributed by atoms with van der Waals surface area (Å²) in [5.74, 6) is 0. The fourth-order valence-electron chi connectivity index (χ4n) is 1.95. The van der Waals surface area contributed by atoms with E-state index in [0.717, 1.165) is 41.8 Å². The van der Waals surface area contributed by atoms with Crippen LogP contribution < -0.4 is 11.1 Å². The maximum atomic E-state index is 6.15. The first-order chi connectivity index (χ1) is 8.68. The summed E-state index contributed by atoms with van der Waals surface area (Å²) in [5.41, 5.74) is 8.86.